The van der Waals surface area contributed by atoms with Gasteiger partial charge in [0.1, 0.15) is 6.61 Å². The lowest BCUT2D eigenvalue weighted by Gasteiger charge is -2.15. The Hall–Kier alpha value is -1.27. The molecule has 0 aliphatic carbocycles. The summed E-state index contributed by atoms with van der Waals surface area (Å²) >= 11 is 9.80. The molecular weight excluding hydrogens is 404 g/mol. The first-order valence-electron chi connectivity index (χ1n) is 8.23. The molecule has 0 radical (unpaired) electrons. The van der Waals surface area contributed by atoms with E-state index >= 15 is 0 Å². The number of hydrogen-bond acceptors (Lipinski definition) is 4. The third kappa shape index (κ3) is 6.19. The Balaban J connectivity index is 2.01. The molecule has 0 bridgehead atoms. The second-order valence-electron chi connectivity index (χ2n) is 5.61. The minimum atomic E-state index is 0.393. The van der Waals surface area contributed by atoms with Crippen molar-refractivity contribution in [3.8, 4) is 11.5 Å². The minimum Gasteiger partial charge on any atom is -0.493 e. The fourth-order valence-electron chi connectivity index (χ4n) is 2.37. The highest BCUT2D eigenvalue weighted by Gasteiger charge is 2.11. The predicted molar refractivity (Wildman–Crippen MR) is 107 cm³/mol. The fraction of sp³-hybridized carbons (Fsp3) is 0.368. The number of halogens is 2. The van der Waals surface area contributed by atoms with E-state index in [4.69, 9.17) is 21.1 Å². The summed E-state index contributed by atoms with van der Waals surface area (Å²) in [6, 6.07) is 11.6. The van der Waals surface area contributed by atoms with Crippen molar-refractivity contribution in [2.45, 2.75) is 19.6 Å². The lowest BCUT2D eigenvalue weighted by molar-refractivity contribution is 0.284. The maximum absolute atomic E-state index is 6.18. The highest BCUT2D eigenvalue weighted by molar-refractivity contribution is 9.10. The van der Waals surface area contributed by atoms with Gasteiger partial charge in [0.25, 0.3) is 0 Å². The summed E-state index contributed by atoms with van der Waals surface area (Å²) in [6.45, 7) is 3.13. The molecule has 136 valence electrons. The van der Waals surface area contributed by atoms with Gasteiger partial charge in [-0.3, -0.25) is 0 Å². The Labute approximate surface area is 163 Å². The summed E-state index contributed by atoms with van der Waals surface area (Å²) in [5.74, 6) is 1.40. The van der Waals surface area contributed by atoms with Crippen molar-refractivity contribution >= 4 is 27.5 Å². The summed E-state index contributed by atoms with van der Waals surface area (Å²) in [6.07, 6.45) is 1.09. The van der Waals surface area contributed by atoms with Crippen LogP contribution in [0.1, 0.15) is 17.5 Å². The zero-order chi connectivity index (χ0) is 18.1. The summed E-state index contributed by atoms with van der Waals surface area (Å²) in [7, 11) is 3.61. The molecule has 0 atom stereocenters. The van der Waals surface area contributed by atoms with E-state index in [-0.39, 0.29) is 0 Å². The molecule has 0 aliphatic heterocycles. The Morgan fingerprint density at radius 3 is 2.60 bits per heavy atom. The number of rotatable bonds is 10. The van der Waals surface area contributed by atoms with Crippen LogP contribution in [-0.4, -0.2) is 27.2 Å². The van der Waals surface area contributed by atoms with Gasteiger partial charge in [0.15, 0.2) is 11.5 Å². The Bertz CT molecular complexity index is 682. The average molecular weight is 428 g/mol. The lowest BCUT2D eigenvalue weighted by atomic mass is 10.2. The SMILES string of the molecule is CNCCCNCc1cc(OC)c(OCc2ccccc2Cl)cc1Br. The van der Waals surface area contributed by atoms with Crippen LogP contribution in [-0.2, 0) is 13.2 Å². The van der Waals surface area contributed by atoms with Gasteiger partial charge >= 0.3 is 0 Å². The molecule has 0 saturated carbocycles. The van der Waals surface area contributed by atoms with Crippen molar-refractivity contribution in [2.24, 2.45) is 0 Å². The first kappa shape index (κ1) is 20.0. The molecule has 2 N–H and O–H groups in total. The Kier molecular flexibility index (Phi) is 8.55. The van der Waals surface area contributed by atoms with Gasteiger partial charge in [-0.25, -0.2) is 0 Å². The molecule has 0 aromatic heterocycles. The molecule has 2 rings (SSSR count). The van der Waals surface area contributed by atoms with Crippen molar-refractivity contribution in [1.82, 2.24) is 10.6 Å². The number of ether oxygens (including phenoxy) is 2. The molecule has 0 unspecified atom stereocenters. The van der Waals surface area contributed by atoms with Gasteiger partial charge in [0.05, 0.1) is 7.11 Å². The first-order chi connectivity index (χ1) is 12.2. The smallest absolute Gasteiger partial charge is 0.162 e. The highest BCUT2D eigenvalue weighted by Crippen LogP contribution is 2.34. The van der Waals surface area contributed by atoms with Crippen LogP contribution in [0.4, 0.5) is 0 Å². The van der Waals surface area contributed by atoms with Gasteiger partial charge in [-0.15, -0.1) is 0 Å². The number of methoxy groups -OCH3 is 1. The maximum atomic E-state index is 6.18. The molecule has 4 nitrogen and oxygen atoms in total. The topological polar surface area (TPSA) is 42.5 Å². The summed E-state index contributed by atoms with van der Waals surface area (Å²) in [5, 5.41) is 7.27. The van der Waals surface area contributed by atoms with E-state index in [0.717, 1.165) is 41.7 Å². The number of nitrogens with one attached hydrogen (secondary N) is 2. The van der Waals surface area contributed by atoms with E-state index in [1.165, 1.54) is 0 Å². The van der Waals surface area contributed by atoms with Crippen LogP contribution in [0.5, 0.6) is 11.5 Å². The van der Waals surface area contributed by atoms with E-state index in [9.17, 15) is 0 Å². The van der Waals surface area contributed by atoms with Crippen molar-refractivity contribution < 1.29 is 9.47 Å². The van der Waals surface area contributed by atoms with Gasteiger partial charge < -0.3 is 20.1 Å². The van der Waals surface area contributed by atoms with E-state index in [0.29, 0.717) is 23.1 Å². The molecule has 0 amide bonds. The second-order valence-corrected chi connectivity index (χ2v) is 6.87. The molecule has 6 heteroatoms. The Morgan fingerprint density at radius 2 is 1.88 bits per heavy atom. The molecule has 0 fully saturated rings. The molecule has 2 aromatic carbocycles. The summed E-state index contributed by atoms with van der Waals surface area (Å²) in [4.78, 5) is 0. The third-order valence-electron chi connectivity index (χ3n) is 3.77. The van der Waals surface area contributed by atoms with Crippen LogP contribution in [0.25, 0.3) is 0 Å². The van der Waals surface area contributed by atoms with Gasteiger partial charge in [0, 0.05) is 21.6 Å². The average Bonchev–Trinajstić information content (AvgIpc) is 2.62. The van der Waals surface area contributed by atoms with Gasteiger partial charge in [-0.05, 0) is 50.3 Å². The van der Waals surface area contributed by atoms with E-state index in [2.05, 4.69) is 26.6 Å². The highest BCUT2D eigenvalue weighted by atomic mass is 79.9. The van der Waals surface area contributed by atoms with Crippen molar-refractivity contribution in [1.29, 1.82) is 0 Å². The standard InChI is InChI=1S/C19H24BrClN2O2/c1-22-8-5-9-23-12-15-10-18(24-2)19(11-16(15)20)25-13-14-6-3-4-7-17(14)21/h3-4,6-7,10-11,22-23H,5,8-9,12-13H2,1-2H3. The lowest BCUT2D eigenvalue weighted by Crippen LogP contribution is -2.19. The van der Waals surface area contributed by atoms with E-state index < -0.39 is 0 Å². The largest absolute Gasteiger partial charge is 0.493 e. The molecule has 0 spiro atoms. The Morgan fingerprint density at radius 1 is 1.08 bits per heavy atom. The van der Waals surface area contributed by atoms with Gasteiger partial charge in [0.2, 0.25) is 0 Å². The van der Waals surface area contributed by atoms with Crippen LogP contribution < -0.4 is 20.1 Å². The molecule has 0 saturated heterocycles. The summed E-state index contributed by atoms with van der Waals surface area (Å²) in [5.41, 5.74) is 2.07. The normalized spacial score (nSPS) is 10.7. The quantitative estimate of drug-likeness (QED) is 0.552. The van der Waals surface area contributed by atoms with Crippen LogP contribution in [0.2, 0.25) is 5.02 Å². The zero-order valence-electron chi connectivity index (χ0n) is 14.6. The predicted octanol–water partition coefficient (Wildman–Crippen LogP) is 4.39. The second kappa shape index (κ2) is 10.7. The van der Waals surface area contributed by atoms with E-state index in [1.807, 2.05) is 43.4 Å². The minimum absolute atomic E-state index is 0.393. The van der Waals surface area contributed by atoms with Gasteiger partial charge in [-0.2, -0.15) is 0 Å². The zero-order valence-corrected chi connectivity index (χ0v) is 16.9. The molecule has 2 aromatic rings. The molecule has 0 aliphatic rings. The van der Waals surface area contributed by atoms with Crippen LogP contribution >= 0.6 is 27.5 Å². The molecular formula is C19H24BrClN2O2. The number of hydrogen-bond donors (Lipinski definition) is 2. The molecule has 0 heterocycles. The van der Waals surface area contributed by atoms with Crippen molar-refractivity contribution in [2.75, 3.05) is 27.2 Å². The summed E-state index contributed by atoms with van der Waals surface area (Å²) < 4.78 is 12.4. The maximum Gasteiger partial charge on any atom is 0.162 e. The van der Waals surface area contributed by atoms with Gasteiger partial charge in [-0.1, -0.05) is 45.7 Å². The molecule has 25 heavy (non-hydrogen) atoms. The van der Waals surface area contributed by atoms with Crippen LogP contribution in [0.3, 0.4) is 0 Å². The van der Waals surface area contributed by atoms with Crippen LogP contribution in [0.15, 0.2) is 40.9 Å². The van der Waals surface area contributed by atoms with Crippen molar-refractivity contribution in [3.63, 3.8) is 0 Å². The fourth-order valence-corrected chi connectivity index (χ4v) is 3.02. The number of benzene rings is 2. The monoisotopic (exact) mass is 426 g/mol. The van der Waals surface area contributed by atoms with E-state index in [1.54, 1.807) is 7.11 Å². The van der Waals surface area contributed by atoms with Crippen molar-refractivity contribution in [3.05, 3.63) is 57.0 Å². The third-order valence-corrected chi connectivity index (χ3v) is 4.88. The van der Waals surface area contributed by atoms with Crippen LogP contribution in [0, 0.1) is 0 Å². The first-order valence-corrected chi connectivity index (χ1v) is 9.40.